The molecule has 7 nitrogen and oxygen atoms in total. The zero-order valence-corrected chi connectivity index (χ0v) is 19.1. The molecule has 0 atom stereocenters. The van der Waals surface area contributed by atoms with Crippen LogP contribution in [0.5, 0.6) is 0 Å². The summed E-state index contributed by atoms with van der Waals surface area (Å²) in [6, 6.07) is 16.3. The molecule has 4 aromatic rings. The number of aryl methyl sites for hydroxylation is 2. The Balaban J connectivity index is 1.30. The lowest BCUT2D eigenvalue weighted by Crippen LogP contribution is -2.47. The van der Waals surface area contributed by atoms with Crippen molar-refractivity contribution < 1.29 is 5.11 Å². The molecule has 0 amide bonds. The highest BCUT2D eigenvalue weighted by Crippen LogP contribution is 2.25. The van der Waals surface area contributed by atoms with E-state index in [1.165, 1.54) is 27.6 Å². The molecule has 2 aromatic heterocycles. The Bertz CT molecular complexity index is 1310. The molecule has 2 aromatic carbocycles. The van der Waals surface area contributed by atoms with Crippen molar-refractivity contribution in [3.8, 4) is 5.69 Å². The quantitative estimate of drug-likeness (QED) is 0.513. The minimum absolute atomic E-state index is 0.173. The van der Waals surface area contributed by atoms with Gasteiger partial charge in [-0.3, -0.25) is 14.3 Å². The van der Waals surface area contributed by atoms with Crippen molar-refractivity contribution in [2.24, 2.45) is 0 Å². The molecule has 0 saturated carbocycles. The molecule has 1 aliphatic rings. The van der Waals surface area contributed by atoms with Gasteiger partial charge in [-0.1, -0.05) is 47.5 Å². The first-order chi connectivity index (χ1) is 15.9. The van der Waals surface area contributed by atoms with Crippen LogP contribution in [0.3, 0.4) is 0 Å². The van der Waals surface area contributed by atoms with Crippen LogP contribution in [-0.4, -0.2) is 48.0 Å². The molecule has 170 valence electrons. The normalized spacial score (nSPS) is 16.3. The standard InChI is InChI=1S/C26H29N5O2/c1-19-12-20(2)14-21(13-19)16-29-10-8-26(33,9-11-29)17-30-18-27-24-23(25(30)32)15-28-31(24)22-6-4-3-5-7-22/h3-7,12-15,18,33H,8-11,16-17H2,1-2H3. The Hall–Kier alpha value is -3.29. The molecular weight excluding hydrogens is 414 g/mol. The van der Waals surface area contributed by atoms with Gasteiger partial charge in [0, 0.05) is 19.6 Å². The molecule has 33 heavy (non-hydrogen) atoms. The fourth-order valence-electron chi connectivity index (χ4n) is 4.84. The first-order valence-corrected chi connectivity index (χ1v) is 11.4. The summed E-state index contributed by atoms with van der Waals surface area (Å²) < 4.78 is 3.19. The number of aromatic nitrogens is 4. The van der Waals surface area contributed by atoms with Crippen LogP contribution in [-0.2, 0) is 13.1 Å². The van der Waals surface area contributed by atoms with Gasteiger partial charge in [0.05, 0.1) is 24.0 Å². The molecule has 1 aliphatic heterocycles. The van der Waals surface area contributed by atoms with Crippen LogP contribution in [0.2, 0.25) is 0 Å². The lowest BCUT2D eigenvalue weighted by atomic mass is 9.91. The van der Waals surface area contributed by atoms with E-state index in [4.69, 9.17) is 0 Å². The Morgan fingerprint density at radius 3 is 2.42 bits per heavy atom. The molecule has 3 heterocycles. The number of hydrogen-bond acceptors (Lipinski definition) is 5. The van der Waals surface area contributed by atoms with Crippen molar-refractivity contribution in [1.82, 2.24) is 24.2 Å². The molecule has 0 aliphatic carbocycles. The lowest BCUT2D eigenvalue weighted by molar-refractivity contribution is -0.0364. The maximum absolute atomic E-state index is 13.1. The van der Waals surface area contributed by atoms with Crippen LogP contribution in [0.1, 0.15) is 29.5 Å². The molecule has 0 bridgehead atoms. The predicted molar refractivity (Wildman–Crippen MR) is 129 cm³/mol. The molecule has 5 rings (SSSR count). The maximum atomic E-state index is 13.1. The summed E-state index contributed by atoms with van der Waals surface area (Å²) in [5, 5.41) is 16.1. The van der Waals surface area contributed by atoms with Crippen LogP contribution in [0, 0.1) is 13.8 Å². The number of hydrogen-bond donors (Lipinski definition) is 1. The summed E-state index contributed by atoms with van der Waals surface area (Å²) >= 11 is 0. The van der Waals surface area contributed by atoms with E-state index >= 15 is 0 Å². The van der Waals surface area contributed by atoms with E-state index in [9.17, 15) is 9.90 Å². The van der Waals surface area contributed by atoms with Gasteiger partial charge in [0.15, 0.2) is 5.65 Å². The minimum atomic E-state index is -0.923. The van der Waals surface area contributed by atoms with Gasteiger partial charge in [0.2, 0.25) is 0 Å². The van der Waals surface area contributed by atoms with Crippen LogP contribution in [0.25, 0.3) is 16.7 Å². The molecule has 0 spiro atoms. The van der Waals surface area contributed by atoms with Gasteiger partial charge in [0.25, 0.3) is 5.56 Å². The highest BCUT2D eigenvalue weighted by molar-refractivity contribution is 5.74. The van der Waals surface area contributed by atoms with Crippen molar-refractivity contribution in [2.45, 2.75) is 45.4 Å². The summed E-state index contributed by atoms with van der Waals surface area (Å²) in [6.45, 7) is 6.95. The summed E-state index contributed by atoms with van der Waals surface area (Å²) in [7, 11) is 0. The third kappa shape index (κ3) is 4.47. The summed E-state index contributed by atoms with van der Waals surface area (Å²) in [4.78, 5) is 20.0. The zero-order valence-electron chi connectivity index (χ0n) is 19.1. The fraction of sp³-hybridized carbons (Fsp3) is 0.346. The fourth-order valence-corrected chi connectivity index (χ4v) is 4.84. The zero-order chi connectivity index (χ0) is 23.0. The van der Waals surface area contributed by atoms with E-state index in [1.54, 1.807) is 10.9 Å². The molecular formula is C26H29N5O2. The second-order valence-corrected chi connectivity index (χ2v) is 9.30. The molecule has 0 unspecified atom stereocenters. The second-order valence-electron chi connectivity index (χ2n) is 9.30. The summed E-state index contributed by atoms with van der Waals surface area (Å²) in [6.07, 6.45) is 4.33. The number of aliphatic hydroxyl groups is 1. The Morgan fingerprint density at radius 1 is 1.03 bits per heavy atom. The number of nitrogens with zero attached hydrogens (tertiary/aromatic N) is 5. The topological polar surface area (TPSA) is 76.2 Å². The molecule has 1 saturated heterocycles. The Labute approximate surface area is 192 Å². The number of piperidine rings is 1. The highest BCUT2D eigenvalue weighted by Gasteiger charge is 2.33. The molecule has 7 heteroatoms. The maximum Gasteiger partial charge on any atom is 0.264 e. The van der Waals surface area contributed by atoms with E-state index < -0.39 is 5.60 Å². The third-order valence-electron chi connectivity index (χ3n) is 6.49. The largest absolute Gasteiger partial charge is 0.388 e. The Morgan fingerprint density at radius 2 is 1.73 bits per heavy atom. The van der Waals surface area contributed by atoms with Gasteiger partial charge in [-0.15, -0.1) is 0 Å². The first-order valence-electron chi connectivity index (χ1n) is 11.4. The van der Waals surface area contributed by atoms with E-state index in [0.717, 1.165) is 25.3 Å². The Kier molecular flexibility index (Phi) is 5.60. The van der Waals surface area contributed by atoms with E-state index in [-0.39, 0.29) is 12.1 Å². The number of likely N-dealkylation sites (tertiary alicyclic amines) is 1. The van der Waals surface area contributed by atoms with Crippen LogP contribution in [0.15, 0.2) is 65.8 Å². The van der Waals surface area contributed by atoms with Gasteiger partial charge >= 0.3 is 0 Å². The molecule has 0 radical (unpaired) electrons. The lowest BCUT2D eigenvalue weighted by Gasteiger charge is -2.38. The average Bonchev–Trinajstić information content (AvgIpc) is 3.22. The minimum Gasteiger partial charge on any atom is -0.388 e. The number of fused-ring (bicyclic) bond motifs is 1. The van der Waals surface area contributed by atoms with Gasteiger partial charge in [-0.05, 0) is 44.4 Å². The number of rotatable bonds is 5. The van der Waals surface area contributed by atoms with Gasteiger partial charge in [0.1, 0.15) is 11.7 Å². The van der Waals surface area contributed by atoms with Crippen molar-refractivity contribution in [1.29, 1.82) is 0 Å². The van der Waals surface area contributed by atoms with E-state index in [1.807, 2.05) is 30.3 Å². The molecule has 1 N–H and O–H groups in total. The highest BCUT2D eigenvalue weighted by atomic mass is 16.3. The van der Waals surface area contributed by atoms with Gasteiger partial charge in [-0.2, -0.15) is 5.10 Å². The van der Waals surface area contributed by atoms with Crippen molar-refractivity contribution in [2.75, 3.05) is 13.1 Å². The molecule has 1 fully saturated rings. The van der Waals surface area contributed by atoms with Crippen molar-refractivity contribution >= 4 is 11.0 Å². The first kappa shape index (κ1) is 21.6. The SMILES string of the molecule is Cc1cc(C)cc(CN2CCC(O)(Cn3cnc4c(cnn4-c4ccccc4)c3=O)CC2)c1. The van der Waals surface area contributed by atoms with Crippen molar-refractivity contribution in [3.63, 3.8) is 0 Å². The van der Waals surface area contributed by atoms with Crippen molar-refractivity contribution in [3.05, 3.63) is 88.1 Å². The smallest absolute Gasteiger partial charge is 0.264 e. The monoisotopic (exact) mass is 443 g/mol. The van der Waals surface area contributed by atoms with Crippen LogP contribution < -0.4 is 5.56 Å². The number of benzene rings is 2. The average molecular weight is 444 g/mol. The van der Waals surface area contributed by atoms with E-state index in [2.05, 4.69) is 47.0 Å². The third-order valence-corrected chi connectivity index (χ3v) is 6.49. The van der Waals surface area contributed by atoms with E-state index in [0.29, 0.717) is 23.9 Å². The van der Waals surface area contributed by atoms with Crippen LogP contribution >= 0.6 is 0 Å². The summed E-state index contributed by atoms with van der Waals surface area (Å²) in [5.74, 6) is 0. The number of para-hydroxylation sites is 1. The predicted octanol–water partition coefficient (Wildman–Crippen LogP) is 3.23. The van der Waals surface area contributed by atoms with Crippen LogP contribution in [0.4, 0.5) is 0 Å². The second kappa shape index (κ2) is 8.57. The van der Waals surface area contributed by atoms with Gasteiger partial charge < -0.3 is 5.11 Å². The summed E-state index contributed by atoms with van der Waals surface area (Å²) in [5.41, 5.74) is 4.14. The van der Waals surface area contributed by atoms with Gasteiger partial charge in [-0.25, -0.2) is 9.67 Å².